The van der Waals surface area contributed by atoms with Crippen LogP contribution in [0.1, 0.15) is 0 Å². The molecule has 1 aliphatic heterocycles. The van der Waals surface area contributed by atoms with Crippen molar-refractivity contribution in [1.29, 1.82) is 0 Å². The first-order valence-electron chi connectivity index (χ1n) is 5.86. The summed E-state index contributed by atoms with van der Waals surface area (Å²) in [6.07, 6.45) is 0. The standard InChI is InChI=1S/C9H21N3O5S2/c1-10(2)19(15,16)12-6-4-11(5-7-12)18(13,14)9-8-17-3/h4-9H2,1-3H3. The van der Waals surface area contributed by atoms with Crippen LogP contribution >= 0.6 is 0 Å². The summed E-state index contributed by atoms with van der Waals surface area (Å²) in [5, 5.41) is 0. The van der Waals surface area contributed by atoms with E-state index in [0.29, 0.717) is 0 Å². The molecule has 19 heavy (non-hydrogen) atoms. The summed E-state index contributed by atoms with van der Waals surface area (Å²) in [4.78, 5) is 0. The van der Waals surface area contributed by atoms with Crippen molar-refractivity contribution in [1.82, 2.24) is 12.9 Å². The minimum Gasteiger partial charge on any atom is -0.384 e. The molecule has 0 saturated carbocycles. The zero-order valence-corrected chi connectivity index (χ0v) is 13.1. The van der Waals surface area contributed by atoms with Crippen LogP contribution in [0.5, 0.6) is 0 Å². The maximum atomic E-state index is 11.9. The molecule has 0 unspecified atom stereocenters. The van der Waals surface area contributed by atoms with Crippen molar-refractivity contribution < 1.29 is 21.6 Å². The summed E-state index contributed by atoms with van der Waals surface area (Å²) in [5.41, 5.74) is 0. The molecule has 0 amide bonds. The lowest BCUT2D eigenvalue weighted by Crippen LogP contribution is -2.53. The van der Waals surface area contributed by atoms with Crippen LogP contribution in [0.25, 0.3) is 0 Å². The molecule has 114 valence electrons. The molecule has 0 radical (unpaired) electrons. The Morgan fingerprint density at radius 3 is 1.89 bits per heavy atom. The second-order valence-electron chi connectivity index (χ2n) is 4.40. The van der Waals surface area contributed by atoms with Gasteiger partial charge in [0.2, 0.25) is 10.0 Å². The molecular weight excluding hydrogens is 294 g/mol. The van der Waals surface area contributed by atoms with Gasteiger partial charge >= 0.3 is 0 Å². The van der Waals surface area contributed by atoms with Crippen LogP contribution < -0.4 is 0 Å². The van der Waals surface area contributed by atoms with E-state index in [-0.39, 0.29) is 38.5 Å². The van der Waals surface area contributed by atoms with Gasteiger partial charge in [-0.25, -0.2) is 8.42 Å². The van der Waals surface area contributed by atoms with Gasteiger partial charge in [-0.05, 0) is 0 Å². The number of hydrogen-bond acceptors (Lipinski definition) is 5. The fraction of sp³-hybridized carbons (Fsp3) is 1.00. The van der Waals surface area contributed by atoms with Crippen LogP contribution in [-0.2, 0) is 25.0 Å². The van der Waals surface area contributed by atoms with E-state index in [0.717, 1.165) is 4.31 Å². The van der Waals surface area contributed by atoms with Gasteiger partial charge in [-0.1, -0.05) is 0 Å². The average Bonchev–Trinajstić information content (AvgIpc) is 2.36. The van der Waals surface area contributed by atoms with Crippen LogP contribution in [0.4, 0.5) is 0 Å². The number of rotatable bonds is 6. The Morgan fingerprint density at radius 2 is 1.47 bits per heavy atom. The van der Waals surface area contributed by atoms with E-state index in [1.54, 1.807) is 0 Å². The lowest BCUT2D eigenvalue weighted by atomic mass is 10.4. The van der Waals surface area contributed by atoms with Crippen molar-refractivity contribution in [3.8, 4) is 0 Å². The highest BCUT2D eigenvalue weighted by molar-refractivity contribution is 7.89. The van der Waals surface area contributed by atoms with Crippen LogP contribution in [0.2, 0.25) is 0 Å². The largest absolute Gasteiger partial charge is 0.384 e. The quantitative estimate of drug-likeness (QED) is 0.588. The van der Waals surface area contributed by atoms with Crippen molar-refractivity contribution in [2.75, 3.05) is 59.7 Å². The molecule has 8 nitrogen and oxygen atoms in total. The van der Waals surface area contributed by atoms with Gasteiger partial charge in [0, 0.05) is 47.4 Å². The molecule has 1 fully saturated rings. The summed E-state index contributed by atoms with van der Waals surface area (Å²) in [6.45, 7) is 0.843. The summed E-state index contributed by atoms with van der Waals surface area (Å²) >= 11 is 0. The van der Waals surface area contributed by atoms with Crippen LogP contribution in [-0.4, -0.2) is 89.5 Å². The number of methoxy groups -OCH3 is 1. The second-order valence-corrected chi connectivity index (χ2v) is 8.63. The Bertz CT molecular complexity index is 480. The van der Waals surface area contributed by atoms with E-state index in [1.807, 2.05) is 0 Å². The van der Waals surface area contributed by atoms with Crippen LogP contribution in [0.3, 0.4) is 0 Å². The minimum absolute atomic E-state index is 0.0794. The van der Waals surface area contributed by atoms with Crippen molar-refractivity contribution >= 4 is 20.2 Å². The van der Waals surface area contributed by atoms with E-state index < -0.39 is 20.2 Å². The third kappa shape index (κ3) is 4.10. The van der Waals surface area contributed by atoms with Crippen molar-refractivity contribution in [3.05, 3.63) is 0 Å². The highest BCUT2D eigenvalue weighted by Gasteiger charge is 2.32. The lowest BCUT2D eigenvalue weighted by molar-refractivity contribution is 0.213. The van der Waals surface area contributed by atoms with Gasteiger partial charge in [0.05, 0.1) is 12.4 Å². The maximum Gasteiger partial charge on any atom is 0.281 e. The van der Waals surface area contributed by atoms with E-state index in [2.05, 4.69) is 0 Å². The Labute approximate surface area is 115 Å². The fourth-order valence-electron chi connectivity index (χ4n) is 1.73. The van der Waals surface area contributed by atoms with Crippen molar-refractivity contribution in [2.24, 2.45) is 0 Å². The molecular formula is C9H21N3O5S2. The predicted octanol–water partition coefficient (Wildman–Crippen LogP) is -1.61. The molecule has 0 bridgehead atoms. The molecule has 1 rings (SSSR count). The molecule has 1 heterocycles. The number of ether oxygens (including phenoxy) is 1. The second kappa shape index (κ2) is 6.46. The van der Waals surface area contributed by atoms with E-state index in [9.17, 15) is 16.8 Å². The Balaban J connectivity index is 2.63. The van der Waals surface area contributed by atoms with Gasteiger partial charge in [0.15, 0.2) is 0 Å². The van der Waals surface area contributed by atoms with E-state index in [4.69, 9.17) is 4.74 Å². The molecule has 0 aromatic rings. The van der Waals surface area contributed by atoms with Gasteiger partial charge in [-0.3, -0.25) is 0 Å². The number of hydrogen-bond donors (Lipinski definition) is 0. The lowest BCUT2D eigenvalue weighted by Gasteiger charge is -2.34. The van der Waals surface area contributed by atoms with Gasteiger partial charge in [-0.15, -0.1) is 0 Å². The topological polar surface area (TPSA) is 87.2 Å². The molecule has 0 aromatic heterocycles. The number of sulfonamides is 1. The van der Waals surface area contributed by atoms with Crippen molar-refractivity contribution in [3.63, 3.8) is 0 Å². The molecule has 0 N–H and O–H groups in total. The molecule has 0 aliphatic carbocycles. The number of piperazine rings is 1. The van der Waals surface area contributed by atoms with Gasteiger partial charge in [0.25, 0.3) is 10.2 Å². The molecule has 0 spiro atoms. The third-order valence-corrected chi connectivity index (χ3v) is 6.70. The van der Waals surface area contributed by atoms with Gasteiger partial charge in [-0.2, -0.15) is 21.3 Å². The summed E-state index contributed by atoms with van der Waals surface area (Å²) in [6, 6.07) is 0. The molecule has 0 aromatic carbocycles. The maximum absolute atomic E-state index is 11.9. The summed E-state index contributed by atoms with van der Waals surface area (Å²) < 4.78 is 56.0. The monoisotopic (exact) mass is 315 g/mol. The average molecular weight is 315 g/mol. The first kappa shape index (κ1) is 16.8. The van der Waals surface area contributed by atoms with Crippen LogP contribution in [0, 0.1) is 0 Å². The zero-order valence-electron chi connectivity index (χ0n) is 11.4. The first-order valence-corrected chi connectivity index (χ1v) is 8.87. The van der Waals surface area contributed by atoms with Gasteiger partial charge in [0.1, 0.15) is 0 Å². The molecule has 10 heteroatoms. The normalized spacial score (nSPS) is 20.0. The molecule has 1 saturated heterocycles. The molecule has 0 atom stereocenters. The predicted molar refractivity (Wildman–Crippen MR) is 71.4 cm³/mol. The Morgan fingerprint density at radius 1 is 1.00 bits per heavy atom. The van der Waals surface area contributed by atoms with Crippen molar-refractivity contribution in [2.45, 2.75) is 0 Å². The fourth-order valence-corrected chi connectivity index (χ4v) is 4.17. The van der Waals surface area contributed by atoms with Crippen LogP contribution in [0.15, 0.2) is 0 Å². The zero-order chi connectivity index (χ0) is 14.7. The molecule has 1 aliphatic rings. The first-order chi connectivity index (χ1) is 8.71. The number of nitrogens with zero attached hydrogens (tertiary/aromatic N) is 3. The Kier molecular flexibility index (Phi) is 5.71. The minimum atomic E-state index is -3.47. The van der Waals surface area contributed by atoms with E-state index in [1.165, 1.54) is 29.8 Å². The highest BCUT2D eigenvalue weighted by atomic mass is 32.2. The van der Waals surface area contributed by atoms with Gasteiger partial charge < -0.3 is 4.74 Å². The van der Waals surface area contributed by atoms with E-state index >= 15 is 0 Å². The third-order valence-electron chi connectivity index (χ3n) is 2.92. The summed E-state index contributed by atoms with van der Waals surface area (Å²) in [7, 11) is -2.47. The smallest absolute Gasteiger partial charge is 0.281 e. The highest BCUT2D eigenvalue weighted by Crippen LogP contribution is 2.12. The summed E-state index contributed by atoms with van der Waals surface area (Å²) in [5.74, 6) is -0.0794. The SMILES string of the molecule is COCCS(=O)(=O)N1CCN(S(=O)(=O)N(C)C)CC1. The Hall–Kier alpha value is -0.260.